The van der Waals surface area contributed by atoms with Crippen molar-refractivity contribution in [3.8, 4) is 0 Å². The number of hydrogen-bond donors (Lipinski definition) is 0. The molecule has 0 saturated heterocycles. The maximum Gasteiger partial charge on any atom is 0.394 e. The zero-order valence-corrected chi connectivity index (χ0v) is 7.69. The number of nitrogens with zero attached hydrogens (tertiary/aromatic N) is 2. The van der Waals surface area contributed by atoms with Crippen LogP contribution >= 0.6 is 11.3 Å². The summed E-state index contributed by atoms with van der Waals surface area (Å²) in [5.74, 6) is 0. The molecule has 0 aliphatic carbocycles. The van der Waals surface area contributed by atoms with Gasteiger partial charge in [-0.15, -0.1) is 11.3 Å². The third kappa shape index (κ3) is 1.84. The van der Waals surface area contributed by atoms with Gasteiger partial charge in [0.1, 0.15) is 11.2 Å². The molecule has 0 atom stereocenters. The number of hydrogen-bond acceptors (Lipinski definition) is 3. The molecule has 74 valence electrons. The Labute approximate surface area is 81.4 Å². The minimum atomic E-state index is -4.22. The predicted molar refractivity (Wildman–Crippen MR) is 47.2 cm³/mol. The highest BCUT2D eigenvalue weighted by molar-refractivity contribution is 7.16. The monoisotopic (exact) mass is 218 g/mol. The Hall–Kier alpha value is -1.17. The number of halogens is 3. The maximum atomic E-state index is 12.1. The molecular formula is C8H5F3N2S. The van der Waals surface area contributed by atoms with Crippen LogP contribution in [0.15, 0.2) is 17.8 Å². The lowest BCUT2D eigenvalue weighted by Crippen LogP contribution is -2.12. The Bertz CT molecular complexity index is 449. The maximum absolute atomic E-state index is 12.1. The van der Waals surface area contributed by atoms with Crippen LogP contribution in [0.25, 0.3) is 10.2 Å². The fourth-order valence-electron chi connectivity index (χ4n) is 1.17. The van der Waals surface area contributed by atoms with Crippen LogP contribution in [-0.2, 0) is 6.42 Å². The van der Waals surface area contributed by atoms with E-state index in [1.165, 1.54) is 17.7 Å². The van der Waals surface area contributed by atoms with Crippen molar-refractivity contribution in [2.24, 2.45) is 0 Å². The Morgan fingerprint density at radius 3 is 2.79 bits per heavy atom. The van der Waals surface area contributed by atoms with Gasteiger partial charge in [-0.2, -0.15) is 13.2 Å². The molecular weight excluding hydrogens is 213 g/mol. The second kappa shape index (κ2) is 3.20. The van der Waals surface area contributed by atoms with Crippen LogP contribution in [0.2, 0.25) is 0 Å². The lowest BCUT2D eigenvalue weighted by atomic mass is 10.2. The second-order valence-corrected chi connectivity index (χ2v) is 3.65. The van der Waals surface area contributed by atoms with Gasteiger partial charge in [0.25, 0.3) is 0 Å². The largest absolute Gasteiger partial charge is 0.394 e. The summed E-state index contributed by atoms with van der Waals surface area (Å²) >= 11 is 1.31. The van der Waals surface area contributed by atoms with Gasteiger partial charge in [0.05, 0.1) is 12.1 Å². The Morgan fingerprint density at radius 2 is 2.07 bits per heavy atom. The fraction of sp³-hybridized carbons (Fsp3) is 0.250. The average molecular weight is 218 g/mol. The van der Waals surface area contributed by atoms with Gasteiger partial charge in [-0.05, 0) is 11.4 Å². The van der Waals surface area contributed by atoms with Crippen LogP contribution in [0.5, 0.6) is 0 Å². The SMILES string of the molecule is FC(F)(F)Cc1ncnc2sccc12. The summed E-state index contributed by atoms with van der Waals surface area (Å²) < 4.78 is 36.4. The van der Waals surface area contributed by atoms with Crippen LogP contribution in [0.4, 0.5) is 13.2 Å². The highest BCUT2D eigenvalue weighted by Gasteiger charge is 2.29. The molecule has 0 aliphatic rings. The lowest BCUT2D eigenvalue weighted by molar-refractivity contribution is -0.127. The van der Waals surface area contributed by atoms with Gasteiger partial charge in [-0.25, -0.2) is 9.97 Å². The first-order chi connectivity index (χ1) is 6.56. The molecule has 0 N–H and O–H groups in total. The summed E-state index contributed by atoms with van der Waals surface area (Å²) in [5, 5.41) is 2.20. The van der Waals surface area contributed by atoms with Crippen LogP contribution in [0, 0.1) is 0 Å². The molecule has 0 radical (unpaired) electrons. The van der Waals surface area contributed by atoms with Crippen LogP contribution in [0.1, 0.15) is 5.69 Å². The molecule has 2 aromatic heterocycles. The van der Waals surface area contributed by atoms with E-state index in [-0.39, 0.29) is 5.69 Å². The number of alkyl halides is 3. The minimum absolute atomic E-state index is 0.0451. The molecule has 0 aromatic carbocycles. The zero-order chi connectivity index (χ0) is 10.2. The van der Waals surface area contributed by atoms with Crippen molar-refractivity contribution in [2.45, 2.75) is 12.6 Å². The minimum Gasteiger partial charge on any atom is -0.240 e. The van der Waals surface area contributed by atoms with Crippen molar-refractivity contribution in [1.29, 1.82) is 0 Å². The molecule has 2 nitrogen and oxygen atoms in total. The van der Waals surface area contributed by atoms with Crippen LogP contribution < -0.4 is 0 Å². The first kappa shape index (κ1) is 9.39. The zero-order valence-electron chi connectivity index (χ0n) is 6.88. The van der Waals surface area contributed by atoms with E-state index in [4.69, 9.17) is 0 Å². The Balaban J connectivity index is 2.46. The molecule has 0 amide bonds. The third-order valence-corrected chi connectivity index (χ3v) is 2.53. The lowest BCUT2D eigenvalue weighted by Gasteiger charge is -2.05. The van der Waals surface area contributed by atoms with Gasteiger partial charge in [0.15, 0.2) is 0 Å². The second-order valence-electron chi connectivity index (χ2n) is 2.75. The molecule has 0 aliphatic heterocycles. The van der Waals surface area contributed by atoms with E-state index in [0.29, 0.717) is 10.2 Å². The Kier molecular flexibility index (Phi) is 2.14. The van der Waals surface area contributed by atoms with Gasteiger partial charge >= 0.3 is 6.18 Å². The van der Waals surface area contributed by atoms with Crippen molar-refractivity contribution in [3.63, 3.8) is 0 Å². The van der Waals surface area contributed by atoms with Crippen LogP contribution in [-0.4, -0.2) is 16.1 Å². The van der Waals surface area contributed by atoms with E-state index in [1.807, 2.05) is 0 Å². The molecule has 2 aromatic rings. The van der Waals surface area contributed by atoms with E-state index in [9.17, 15) is 13.2 Å². The molecule has 0 bridgehead atoms. The van der Waals surface area contributed by atoms with E-state index >= 15 is 0 Å². The summed E-state index contributed by atoms with van der Waals surface area (Å²) in [5.41, 5.74) is 0.0451. The summed E-state index contributed by atoms with van der Waals surface area (Å²) in [7, 11) is 0. The summed E-state index contributed by atoms with van der Waals surface area (Å²) in [4.78, 5) is 8.11. The average Bonchev–Trinajstić information content (AvgIpc) is 2.49. The number of fused-ring (bicyclic) bond motifs is 1. The Morgan fingerprint density at radius 1 is 1.29 bits per heavy atom. The highest BCUT2D eigenvalue weighted by atomic mass is 32.1. The highest BCUT2D eigenvalue weighted by Crippen LogP contribution is 2.26. The van der Waals surface area contributed by atoms with E-state index < -0.39 is 12.6 Å². The summed E-state index contributed by atoms with van der Waals surface area (Å²) in [6, 6.07) is 1.61. The van der Waals surface area contributed by atoms with Crippen molar-refractivity contribution < 1.29 is 13.2 Å². The summed E-state index contributed by atoms with van der Waals surface area (Å²) in [6.07, 6.45) is -4.05. The number of aromatic nitrogens is 2. The van der Waals surface area contributed by atoms with Gasteiger partial charge < -0.3 is 0 Å². The van der Waals surface area contributed by atoms with E-state index in [1.54, 1.807) is 11.4 Å². The number of rotatable bonds is 1. The normalized spacial score (nSPS) is 12.2. The van der Waals surface area contributed by atoms with Gasteiger partial charge in [0, 0.05) is 5.39 Å². The first-order valence-electron chi connectivity index (χ1n) is 3.80. The molecule has 0 fully saturated rings. The molecule has 0 spiro atoms. The van der Waals surface area contributed by atoms with Crippen LogP contribution in [0.3, 0.4) is 0 Å². The van der Waals surface area contributed by atoms with Crippen molar-refractivity contribution in [3.05, 3.63) is 23.5 Å². The van der Waals surface area contributed by atoms with E-state index in [2.05, 4.69) is 9.97 Å². The third-order valence-electron chi connectivity index (χ3n) is 1.71. The van der Waals surface area contributed by atoms with E-state index in [0.717, 1.165) is 0 Å². The topological polar surface area (TPSA) is 25.8 Å². The fourth-order valence-corrected chi connectivity index (χ4v) is 1.93. The van der Waals surface area contributed by atoms with Gasteiger partial charge in [-0.1, -0.05) is 0 Å². The smallest absolute Gasteiger partial charge is 0.240 e. The molecule has 6 heteroatoms. The molecule has 14 heavy (non-hydrogen) atoms. The van der Waals surface area contributed by atoms with Gasteiger partial charge in [-0.3, -0.25) is 0 Å². The van der Waals surface area contributed by atoms with Crippen molar-refractivity contribution >= 4 is 21.6 Å². The molecule has 0 saturated carbocycles. The quantitative estimate of drug-likeness (QED) is 0.735. The predicted octanol–water partition coefficient (Wildman–Crippen LogP) is 2.80. The van der Waals surface area contributed by atoms with Crippen molar-refractivity contribution in [1.82, 2.24) is 9.97 Å². The number of thiophene rings is 1. The molecule has 2 rings (SSSR count). The standard InChI is InChI=1S/C8H5F3N2S/c9-8(10,11)3-6-5-1-2-14-7(5)13-4-12-6/h1-2,4H,3H2. The molecule has 2 heterocycles. The van der Waals surface area contributed by atoms with Crippen molar-refractivity contribution in [2.75, 3.05) is 0 Å². The molecule has 0 unspecified atom stereocenters. The summed E-state index contributed by atoms with van der Waals surface area (Å²) in [6.45, 7) is 0. The van der Waals surface area contributed by atoms with Gasteiger partial charge in [0.2, 0.25) is 0 Å². The first-order valence-corrected chi connectivity index (χ1v) is 4.68.